The van der Waals surface area contributed by atoms with Crippen molar-refractivity contribution in [3.8, 4) is 0 Å². The van der Waals surface area contributed by atoms with Crippen molar-refractivity contribution in [3.63, 3.8) is 0 Å². The maximum absolute atomic E-state index is 11.9. The molecule has 2 aromatic rings. The number of carbonyl (C=O) groups is 1. The highest BCUT2D eigenvalue weighted by atomic mass is 16.3. The van der Waals surface area contributed by atoms with Crippen LogP contribution in [0.2, 0.25) is 0 Å². The predicted octanol–water partition coefficient (Wildman–Crippen LogP) is 2.88. The molecule has 1 heterocycles. The first-order chi connectivity index (χ1) is 10.7. The highest BCUT2D eigenvalue weighted by Gasteiger charge is 2.11. The number of hydrogen-bond acceptors (Lipinski definition) is 3. The molecule has 4 nitrogen and oxygen atoms in total. The molecule has 0 fully saturated rings. The van der Waals surface area contributed by atoms with Crippen molar-refractivity contribution < 1.29 is 14.3 Å². The topological polar surface area (TPSA) is 62.5 Å². The summed E-state index contributed by atoms with van der Waals surface area (Å²) in [6.45, 7) is 2.44. The van der Waals surface area contributed by atoms with E-state index in [2.05, 4.69) is 5.32 Å². The molecule has 0 bridgehead atoms. The van der Waals surface area contributed by atoms with E-state index in [1.54, 1.807) is 6.08 Å². The van der Waals surface area contributed by atoms with Crippen LogP contribution in [0.1, 0.15) is 29.4 Å². The number of nitrogens with one attached hydrogen (secondary N) is 1. The second-order valence-electron chi connectivity index (χ2n) is 5.15. The first-order valence-electron chi connectivity index (χ1n) is 7.37. The molecule has 0 aliphatic rings. The SMILES string of the molecule is Cc1ccc(/C=C/C(=O)NCC(CCO)c2ccccc2)o1. The fourth-order valence-electron chi connectivity index (χ4n) is 2.25. The van der Waals surface area contributed by atoms with E-state index in [0.29, 0.717) is 18.7 Å². The lowest BCUT2D eigenvalue weighted by atomic mass is 9.96. The van der Waals surface area contributed by atoms with Crippen molar-refractivity contribution in [2.45, 2.75) is 19.3 Å². The minimum Gasteiger partial charge on any atom is -0.462 e. The van der Waals surface area contributed by atoms with Crippen LogP contribution in [0.4, 0.5) is 0 Å². The molecule has 0 aliphatic heterocycles. The zero-order valence-electron chi connectivity index (χ0n) is 12.7. The summed E-state index contributed by atoms with van der Waals surface area (Å²) in [5.41, 5.74) is 1.11. The molecule has 0 spiro atoms. The fraction of sp³-hybridized carbons (Fsp3) is 0.278. The van der Waals surface area contributed by atoms with Crippen LogP contribution in [0.5, 0.6) is 0 Å². The largest absolute Gasteiger partial charge is 0.462 e. The summed E-state index contributed by atoms with van der Waals surface area (Å²) in [5.74, 6) is 1.40. The summed E-state index contributed by atoms with van der Waals surface area (Å²) < 4.78 is 5.37. The van der Waals surface area contributed by atoms with Gasteiger partial charge in [0.1, 0.15) is 11.5 Å². The van der Waals surface area contributed by atoms with Crippen LogP contribution < -0.4 is 5.32 Å². The van der Waals surface area contributed by atoms with Crippen molar-refractivity contribution in [2.75, 3.05) is 13.2 Å². The van der Waals surface area contributed by atoms with Gasteiger partial charge in [0.05, 0.1) is 0 Å². The number of hydrogen-bond donors (Lipinski definition) is 2. The quantitative estimate of drug-likeness (QED) is 0.773. The van der Waals surface area contributed by atoms with Crippen molar-refractivity contribution in [2.24, 2.45) is 0 Å². The standard InChI is InChI=1S/C18H21NO3/c1-14-7-8-17(22-14)9-10-18(21)19-13-16(11-12-20)15-5-3-2-4-6-15/h2-10,16,20H,11-13H2,1H3,(H,19,21)/b10-9+. The van der Waals surface area contributed by atoms with E-state index in [1.165, 1.54) is 6.08 Å². The zero-order chi connectivity index (χ0) is 15.8. The van der Waals surface area contributed by atoms with Crippen LogP contribution in [0.25, 0.3) is 6.08 Å². The zero-order valence-corrected chi connectivity index (χ0v) is 12.7. The van der Waals surface area contributed by atoms with Crippen LogP contribution in [0.3, 0.4) is 0 Å². The lowest BCUT2D eigenvalue weighted by molar-refractivity contribution is -0.116. The smallest absolute Gasteiger partial charge is 0.244 e. The Balaban J connectivity index is 1.89. The third-order valence-corrected chi connectivity index (χ3v) is 3.43. The Kier molecular flexibility index (Phi) is 5.98. The third kappa shape index (κ3) is 4.90. The Labute approximate surface area is 130 Å². The van der Waals surface area contributed by atoms with Crippen molar-refractivity contribution in [3.05, 3.63) is 65.6 Å². The molecule has 0 aliphatic carbocycles. The van der Waals surface area contributed by atoms with Gasteiger partial charge in [-0.25, -0.2) is 0 Å². The fourth-order valence-corrected chi connectivity index (χ4v) is 2.25. The Bertz CT molecular complexity index is 616. The molecular formula is C18H21NO3. The molecule has 4 heteroatoms. The Morgan fingerprint density at radius 1 is 1.27 bits per heavy atom. The predicted molar refractivity (Wildman–Crippen MR) is 86.4 cm³/mol. The number of amides is 1. The van der Waals surface area contributed by atoms with Gasteiger partial charge in [-0.3, -0.25) is 4.79 Å². The van der Waals surface area contributed by atoms with E-state index in [0.717, 1.165) is 11.3 Å². The maximum atomic E-state index is 11.9. The Morgan fingerprint density at radius 3 is 2.68 bits per heavy atom. The molecule has 0 saturated heterocycles. The first-order valence-corrected chi connectivity index (χ1v) is 7.37. The number of benzene rings is 1. The van der Waals surface area contributed by atoms with Crippen molar-refractivity contribution in [1.29, 1.82) is 0 Å². The highest BCUT2D eigenvalue weighted by molar-refractivity contribution is 5.91. The molecule has 1 aromatic carbocycles. The molecule has 116 valence electrons. The highest BCUT2D eigenvalue weighted by Crippen LogP contribution is 2.18. The molecule has 1 unspecified atom stereocenters. The van der Waals surface area contributed by atoms with Crippen LogP contribution in [-0.4, -0.2) is 24.2 Å². The van der Waals surface area contributed by atoms with E-state index in [4.69, 9.17) is 4.42 Å². The molecule has 1 aromatic heterocycles. The van der Waals surface area contributed by atoms with Gasteiger partial charge in [0, 0.05) is 25.1 Å². The summed E-state index contributed by atoms with van der Waals surface area (Å²) in [6, 6.07) is 13.6. The summed E-state index contributed by atoms with van der Waals surface area (Å²) in [7, 11) is 0. The minimum absolute atomic E-state index is 0.0942. The second-order valence-corrected chi connectivity index (χ2v) is 5.15. The van der Waals surface area contributed by atoms with Gasteiger partial charge in [-0.2, -0.15) is 0 Å². The van der Waals surface area contributed by atoms with E-state index in [-0.39, 0.29) is 18.4 Å². The number of aliphatic hydroxyl groups is 1. The molecule has 1 amide bonds. The van der Waals surface area contributed by atoms with Gasteiger partial charge < -0.3 is 14.8 Å². The minimum atomic E-state index is -0.173. The summed E-state index contributed by atoms with van der Waals surface area (Å²) >= 11 is 0. The number of aryl methyl sites for hydroxylation is 1. The molecule has 2 N–H and O–H groups in total. The van der Waals surface area contributed by atoms with E-state index >= 15 is 0 Å². The van der Waals surface area contributed by atoms with E-state index in [1.807, 2.05) is 49.4 Å². The molecular weight excluding hydrogens is 278 g/mol. The van der Waals surface area contributed by atoms with Gasteiger partial charge in [0.15, 0.2) is 0 Å². The lowest BCUT2D eigenvalue weighted by Gasteiger charge is -2.16. The van der Waals surface area contributed by atoms with E-state index in [9.17, 15) is 9.90 Å². The normalized spacial score (nSPS) is 12.5. The Hall–Kier alpha value is -2.33. The maximum Gasteiger partial charge on any atom is 0.244 e. The first kappa shape index (κ1) is 16.0. The monoisotopic (exact) mass is 299 g/mol. The molecule has 2 rings (SSSR count). The second kappa shape index (κ2) is 8.20. The molecule has 0 radical (unpaired) electrons. The van der Waals surface area contributed by atoms with Crippen molar-refractivity contribution >= 4 is 12.0 Å². The molecule has 0 saturated carbocycles. The van der Waals surface area contributed by atoms with Crippen LogP contribution >= 0.6 is 0 Å². The summed E-state index contributed by atoms with van der Waals surface area (Å²) in [4.78, 5) is 11.9. The van der Waals surface area contributed by atoms with Gasteiger partial charge in [-0.1, -0.05) is 30.3 Å². The van der Waals surface area contributed by atoms with Gasteiger partial charge in [0.25, 0.3) is 0 Å². The van der Waals surface area contributed by atoms with Crippen LogP contribution in [0.15, 0.2) is 53.0 Å². The number of furan rings is 1. The van der Waals surface area contributed by atoms with Crippen molar-refractivity contribution in [1.82, 2.24) is 5.32 Å². The summed E-state index contributed by atoms with van der Waals surface area (Å²) in [6.07, 6.45) is 3.72. The van der Waals surface area contributed by atoms with Gasteiger partial charge >= 0.3 is 0 Å². The molecule has 22 heavy (non-hydrogen) atoms. The van der Waals surface area contributed by atoms with Gasteiger partial charge in [-0.05, 0) is 37.1 Å². The van der Waals surface area contributed by atoms with E-state index < -0.39 is 0 Å². The average Bonchev–Trinajstić information content (AvgIpc) is 2.96. The molecule has 1 atom stereocenters. The van der Waals surface area contributed by atoms with Crippen LogP contribution in [-0.2, 0) is 4.79 Å². The van der Waals surface area contributed by atoms with Crippen LogP contribution in [0, 0.1) is 6.92 Å². The van der Waals surface area contributed by atoms with Gasteiger partial charge in [-0.15, -0.1) is 0 Å². The number of rotatable bonds is 7. The van der Waals surface area contributed by atoms with Gasteiger partial charge in [0.2, 0.25) is 5.91 Å². The average molecular weight is 299 g/mol. The number of carbonyl (C=O) groups excluding carboxylic acids is 1. The Morgan fingerprint density at radius 2 is 2.05 bits per heavy atom. The lowest BCUT2D eigenvalue weighted by Crippen LogP contribution is -2.27. The number of aliphatic hydroxyl groups excluding tert-OH is 1. The summed E-state index contributed by atoms with van der Waals surface area (Å²) in [5, 5.41) is 12.0. The third-order valence-electron chi connectivity index (χ3n) is 3.43.